The minimum atomic E-state index is 0.242. The maximum absolute atomic E-state index is 5.38. The fourth-order valence-corrected chi connectivity index (χ4v) is 1.38. The molecule has 2 nitrogen and oxygen atoms in total. The van der Waals surface area contributed by atoms with Crippen molar-refractivity contribution in [1.29, 1.82) is 0 Å². The van der Waals surface area contributed by atoms with Crippen molar-refractivity contribution in [1.82, 2.24) is 5.32 Å². The van der Waals surface area contributed by atoms with Crippen LogP contribution in [-0.2, 0) is 0 Å². The van der Waals surface area contributed by atoms with Gasteiger partial charge < -0.3 is 9.73 Å². The Kier molecular flexibility index (Phi) is 3.60. The number of aryl methyl sites for hydroxylation is 1. The molecule has 1 rings (SSSR count). The molecule has 1 aromatic heterocycles. The lowest BCUT2D eigenvalue weighted by atomic mass is 10.1. The molecule has 1 aromatic rings. The van der Waals surface area contributed by atoms with E-state index in [2.05, 4.69) is 11.2 Å². The topological polar surface area (TPSA) is 25.2 Å². The zero-order valence-electron chi connectivity index (χ0n) is 8.13. The molecule has 0 bridgehead atoms. The highest BCUT2D eigenvalue weighted by atomic mass is 16.3. The number of rotatable bonds is 4. The first-order valence-electron chi connectivity index (χ1n) is 4.44. The highest BCUT2D eigenvalue weighted by molar-refractivity contribution is 5.18. The van der Waals surface area contributed by atoms with Crippen LogP contribution in [0.4, 0.5) is 0 Å². The van der Waals surface area contributed by atoms with E-state index in [1.807, 2.05) is 20.0 Å². The lowest BCUT2D eigenvalue weighted by molar-refractivity contribution is 0.415. The van der Waals surface area contributed by atoms with E-state index in [1.54, 1.807) is 6.26 Å². The summed E-state index contributed by atoms with van der Waals surface area (Å²) in [5.41, 5.74) is 1.18. The van der Waals surface area contributed by atoms with Crippen LogP contribution in [0.2, 0.25) is 0 Å². The van der Waals surface area contributed by atoms with Crippen molar-refractivity contribution < 1.29 is 4.42 Å². The number of hydrogen-bond acceptors (Lipinski definition) is 2. The highest BCUT2D eigenvalue weighted by Gasteiger charge is 2.13. The molecule has 0 saturated carbocycles. The predicted octanol–water partition coefficient (Wildman–Crippen LogP) is 2.26. The summed E-state index contributed by atoms with van der Waals surface area (Å²) in [6, 6.07) is 2.21. The van der Waals surface area contributed by atoms with Gasteiger partial charge >= 0.3 is 0 Å². The van der Waals surface area contributed by atoms with Crippen LogP contribution in [0.5, 0.6) is 0 Å². The van der Waals surface area contributed by atoms with Gasteiger partial charge in [0.15, 0.2) is 0 Å². The molecular weight excluding hydrogens is 162 g/mol. The molecule has 13 heavy (non-hydrogen) atoms. The van der Waals surface area contributed by atoms with E-state index >= 15 is 0 Å². The van der Waals surface area contributed by atoms with Crippen LogP contribution < -0.4 is 5.32 Å². The number of furan rings is 1. The Morgan fingerprint density at radius 1 is 1.69 bits per heavy atom. The lowest BCUT2D eigenvalue weighted by Crippen LogP contribution is -2.16. The van der Waals surface area contributed by atoms with Gasteiger partial charge in [0.05, 0.1) is 12.3 Å². The molecule has 0 aliphatic rings. The average Bonchev–Trinajstić information content (AvgIpc) is 2.54. The number of nitrogens with one attached hydrogen (secondary N) is 1. The number of terminal acetylenes is 1. The van der Waals surface area contributed by atoms with Gasteiger partial charge in [-0.25, -0.2) is 0 Å². The van der Waals surface area contributed by atoms with Crippen molar-refractivity contribution in [2.75, 3.05) is 7.05 Å². The minimum Gasteiger partial charge on any atom is -0.467 e. The molecule has 1 atom stereocenters. The molecule has 0 radical (unpaired) electrons. The maximum Gasteiger partial charge on any atom is 0.123 e. The molecule has 2 heteroatoms. The van der Waals surface area contributed by atoms with E-state index in [0.717, 1.165) is 18.6 Å². The summed E-state index contributed by atoms with van der Waals surface area (Å²) in [4.78, 5) is 0. The summed E-state index contributed by atoms with van der Waals surface area (Å²) in [6.07, 6.45) is 8.62. The highest BCUT2D eigenvalue weighted by Crippen LogP contribution is 2.21. The lowest BCUT2D eigenvalue weighted by Gasteiger charge is -2.12. The second kappa shape index (κ2) is 4.74. The van der Waals surface area contributed by atoms with Gasteiger partial charge in [0.2, 0.25) is 0 Å². The third kappa shape index (κ3) is 2.37. The Balaban J connectivity index is 2.68. The molecule has 70 valence electrons. The second-order valence-electron chi connectivity index (χ2n) is 3.05. The second-order valence-corrected chi connectivity index (χ2v) is 3.05. The quantitative estimate of drug-likeness (QED) is 0.714. The largest absolute Gasteiger partial charge is 0.467 e. The van der Waals surface area contributed by atoms with Gasteiger partial charge in [0.25, 0.3) is 0 Å². The summed E-state index contributed by atoms with van der Waals surface area (Å²) in [5.74, 6) is 3.63. The van der Waals surface area contributed by atoms with Crippen molar-refractivity contribution in [3.8, 4) is 12.3 Å². The van der Waals surface area contributed by atoms with Crippen molar-refractivity contribution >= 4 is 0 Å². The Hall–Kier alpha value is -1.20. The molecule has 1 N–H and O–H groups in total. The maximum atomic E-state index is 5.38. The SMILES string of the molecule is C#CCCC(NC)c1occc1C. The molecule has 0 amide bonds. The summed E-state index contributed by atoms with van der Waals surface area (Å²) in [6.45, 7) is 2.04. The van der Waals surface area contributed by atoms with Gasteiger partial charge in [-0.3, -0.25) is 0 Å². The van der Waals surface area contributed by atoms with Gasteiger partial charge in [-0.1, -0.05) is 0 Å². The van der Waals surface area contributed by atoms with Crippen LogP contribution in [0, 0.1) is 19.3 Å². The molecule has 0 aliphatic carbocycles. The minimum absolute atomic E-state index is 0.242. The van der Waals surface area contributed by atoms with E-state index in [9.17, 15) is 0 Å². The summed E-state index contributed by atoms with van der Waals surface area (Å²) in [7, 11) is 1.92. The third-order valence-electron chi connectivity index (χ3n) is 2.14. The van der Waals surface area contributed by atoms with Gasteiger partial charge in [-0.2, -0.15) is 0 Å². The first-order chi connectivity index (χ1) is 6.29. The fourth-order valence-electron chi connectivity index (χ4n) is 1.38. The average molecular weight is 177 g/mol. The number of hydrogen-bond donors (Lipinski definition) is 1. The van der Waals surface area contributed by atoms with E-state index in [4.69, 9.17) is 10.8 Å². The third-order valence-corrected chi connectivity index (χ3v) is 2.14. The molecule has 1 heterocycles. The monoisotopic (exact) mass is 177 g/mol. The van der Waals surface area contributed by atoms with Crippen LogP contribution in [0.3, 0.4) is 0 Å². The fraction of sp³-hybridized carbons (Fsp3) is 0.455. The first kappa shape index (κ1) is 9.88. The molecule has 0 saturated heterocycles. The Bertz CT molecular complexity index is 295. The Morgan fingerprint density at radius 3 is 2.92 bits per heavy atom. The summed E-state index contributed by atoms with van der Waals surface area (Å²) in [5, 5.41) is 3.19. The standard InChI is InChI=1S/C11H15NO/c1-4-5-6-10(12-3)11-9(2)7-8-13-11/h1,7-8,10,12H,5-6H2,2-3H3. The molecule has 0 aliphatic heterocycles. The van der Waals surface area contributed by atoms with E-state index in [-0.39, 0.29) is 6.04 Å². The van der Waals surface area contributed by atoms with Gasteiger partial charge in [0, 0.05) is 6.42 Å². The van der Waals surface area contributed by atoms with Crippen molar-refractivity contribution in [2.24, 2.45) is 0 Å². The van der Waals surface area contributed by atoms with Crippen LogP contribution in [0.1, 0.15) is 30.2 Å². The van der Waals surface area contributed by atoms with E-state index < -0.39 is 0 Å². The molecule has 0 fully saturated rings. The van der Waals surface area contributed by atoms with Crippen LogP contribution in [0.25, 0.3) is 0 Å². The summed E-state index contributed by atoms with van der Waals surface area (Å²) >= 11 is 0. The van der Waals surface area contributed by atoms with E-state index in [1.165, 1.54) is 5.56 Å². The van der Waals surface area contributed by atoms with Crippen LogP contribution >= 0.6 is 0 Å². The van der Waals surface area contributed by atoms with Gasteiger partial charge in [-0.05, 0) is 32.0 Å². The predicted molar refractivity (Wildman–Crippen MR) is 53.3 cm³/mol. The van der Waals surface area contributed by atoms with E-state index in [0.29, 0.717) is 0 Å². The van der Waals surface area contributed by atoms with Crippen molar-refractivity contribution in [3.05, 3.63) is 23.7 Å². The zero-order valence-corrected chi connectivity index (χ0v) is 8.13. The van der Waals surface area contributed by atoms with Crippen LogP contribution in [-0.4, -0.2) is 7.05 Å². The summed E-state index contributed by atoms with van der Waals surface area (Å²) < 4.78 is 5.38. The van der Waals surface area contributed by atoms with Gasteiger partial charge in [-0.15, -0.1) is 12.3 Å². The Labute approximate surface area is 79.3 Å². The molecule has 1 unspecified atom stereocenters. The zero-order chi connectivity index (χ0) is 9.68. The van der Waals surface area contributed by atoms with Crippen molar-refractivity contribution in [2.45, 2.75) is 25.8 Å². The normalized spacial score (nSPS) is 12.4. The Morgan fingerprint density at radius 2 is 2.46 bits per heavy atom. The molecule has 0 spiro atoms. The van der Waals surface area contributed by atoms with Gasteiger partial charge in [0.1, 0.15) is 5.76 Å². The molecule has 0 aromatic carbocycles. The van der Waals surface area contributed by atoms with Crippen molar-refractivity contribution in [3.63, 3.8) is 0 Å². The first-order valence-corrected chi connectivity index (χ1v) is 4.44. The smallest absolute Gasteiger partial charge is 0.123 e. The molecular formula is C11H15NO. The van der Waals surface area contributed by atoms with Crippen LogP contribution in [0.15, 0.2) is 16.7 Å².